The topological polar surface area (TPSA) is 58.1 Å². The normalized spacial score (nSPS) is 16.6. The standard InChI is InChI=1S/C20H34N4O2/c1-21-20(22-10-14-26-17-19-6-4-3-5-7-19)23-16-18-8-11-24(12-9-18)13-15-25-2/h3-7,18H,8-17H2,1-2H3,(H2,21,22,23). The van der Waals surface area contributed by atoms with Crippen molar-refractivity contribution in [2.75, 3.05) is 60.1 Å². The molecular formula is C20H34N4O2. The SMILES string of the molecule is CN=C(NCCOCc1ccccc1)NCC1CCN(CCOC)CC1. The van der Waals surface area contributed by atoms with Gasteiger partial charge in [-0.3, -0.25) is 4.99 Å². The van der Waals surface area contributed by atoms with Crippen LogP contribution in [0, 0.1) is 5.92 Å². The van der Waals surface area contributed by atoms with Gasteiger partial charge in [0.15, 0.2) is 5.96 Å². The van der Waals surface area contributed by atoms with Crippen molar-refractivity contribution in [3.63, 3.8) is 0 Å². The van der Waals surface area contributed by atoms with Gasteiger partial charge in [0.25, 0.3) is 0 Å². The lowest BCUT2D eigenvalue weighted by Crippen LogP contribution is -2.44. The Balaban J connectivity index is 1.53. The number of hydrogen-bond donors (Lipinski definition) is 2. The minimum Gasteiger partial charge on any atom is -0.383 e. The van der Waals surface area contributed by atoms with Crippen LogP contribution < -0.4 is 10.6 Å². The predicted molar refractivity (Wildman–Crippen MR) is 107 cm³/mol. The Morgan fingerprint density at radius 2 is 1.92 bits per heavy atom. The molecule has 0 unspecified atom stereocenters. The quantitative estimate of drug-likeness (QED) is 0.377. The highest BCUT2D eigenvalue weighted by Gasteiger charge is 2.18. The molecular weight excluding hydrogens is 328 g/mol. The molecule has 0 aromatic heterocycles. The van der Waals surface area contributed by atoms with E-state index in [0.29, 0.717) is 19.1 Å². The second-order valence-corrected chi connectivity index (χ2v) is 6.70. The molecule has 0 spiro atoms. The summed E-state index contributed by atoms with van der Waals surface area (Å²) >= 11 is 0. The average Bonchev–Trinajstić information content (AvgIpc) is 2.70. The van der Waals surface area contributed by atoms with E-state index in [1.807, 2.05) is 25.2 Å². The van der Waals surface area contributed by atoms with Gasteiger partial charge in [0.05, 0.1) is 19.8 Å². The van der Waals surface area contributed by atoms with E-state index >= 15 is 0 Å². The number of nitrogens with zero attached hydrogens (tertiary/aromatic N) is 2. The van der Waals surface area contributed by atoms with Gasteiger partial charge in [-0.1, -0.05) is 30.3 Å². The van der Waals surface area contributed by atoms with Gasteiger partial charge in [-0.05, 0) is 37.4 Å². The van der Waals surface area contributed by atoms with Crippen molar-refractivity contribution in [2.24, 2.45) is 10.9 Å². The maximum atomic E-state index is 5.69. The van der Waals surface area contributed by atoms with Crippen molar-refractivity contribution < 1.29 is 9.47 Å². The maximum Gasteiger partial charge on any atom is 0.191 e. The third-order valence-electron chi connectivity index (χ3n) is 4.75. The van der Waals surface area contributed by atoms with Crippen LogP contribution in [-0.4, -0.2) is 71.0 Å². The number of rotatable bonds is 10. The zero-order chi connectivity index (χ0) is 18.5. The molecule has 1 aromatic carbocycles. The first-order valence-corrected chi connectivity index (χ1v) is 9.59. The Morgan fingerprint density at radius 3 is 2.62 bits per heavy atom. The molecule has 0 atom stereocenters. The summed E-state index contributed by atoms with van der Waals surface area (Å²) in [5.41, 5.74) is 1.20. The van der Waals surface area contributed by atoms with Gasteiger partial charge in [0, 0.05) is 33.8 Å². The van der Waals surface area contributed by atoms with E-state index < -0.39 is 0 Å². The van der Waals surface area contributed by atoms with Crippen LogP contribution in [0.1, 0.15) is 18.4 Å². The minimum atomic E-state index is 0.649. The second-order valence-electron chi connectivity index (χ2n) is 6.70. The summed E-state index contributed by atoms with van der Waals surface area (Å²) in [5, 5.41) is 6.76. The first-order chi connectivity index (χ1) is 12.8. The minimum absolute atomic E-state index is 0.649. The lowest BCUT2D eigenvalue weighted by atomic mass is 9.97. The molecule has 1 saturated heterocycles. The molecule has 2 rings (SSSR count). The molecule has 1 aliphatic heterocycles. The van der Waals surface area contributed by atoms with E-state index in [0.717, 1.165) is 45.3 Å². The van der Waals surface area contributed by atoms with Crippen molar-refractivity contribution in [1.82, 2.24) is 15.5 Å². The molecule has 6 nitrogen and oxygen atoms in total. The fourth-order valence-electron chi connectivity index (χ4n) is 3.10. The number of guanidine groups is 1. The van der Waals surface area contributed by atoms with Crippen LogP contribution in [0.25, 0.3) is 0 Å². The molecule has 0 amide bonds. The highest BCUT2D eigenvalue weighted by atomic mass is 16.5. The van der Waals surface area contributed by atoms with Crippen molar-refractivity contribution in [2.45, 2.75) is 19.4 Å². The van der Waals surface area contributed by atoms with E-state index in [1.54, 1.807) is 7.11 Å². The van der Waals surface area contributed by atoms with Gasteiger partial charge in [-0.15, -0.1) is 0 Å². The molecule has 1 aromatic rings. The number of methoxy groups -OCH3 is 1. The number of likely N-dealkylation sites (tertiary alicyclic amines) is 1. The molecule has 1 heterocycles. The van der Waals surface area contributed by atoms with Crippen molar-refractivity contribution in [1.29, 1.82) is 0 Å². The highest BCUT2D eigenvalue weighted by Crippen LogP contribution is 2.15. The van der Waals surface area contributed by atoms with E-state index in [2.05, 4.69) is 32.7 Å². The zero-order valence-electron chi connectivity index (χ0n) is 16.2. The number of benzene rings is 1. The lowest BCUT2D eigenvalue weighted by molar-refractivity contribution is 0.120. The summed E-state index contributed by atoms with van der Waals surface area (Å²) in [6, 6.07) is 10.2. The van der Waals surface area contributed by atoms with Gasteiger partial charge in [0.1, 0.15) is 0 Å². The summed E-state index contributed by atoms with van der Waals surface area (Å²) in [4.78, 5) is 6.78. The smallest absolute Gasteiger partial charge is 0.191 e. The van der Waals surface area contributed by atoms with Crippen molar-refractivity contribution in [3.05, 3.63) is 35.9 Å². The number of piperidine rings is 1. The summed E-state index contributed by atoms with van der Waals surface area (Å²) in [7, 11) is 3.58. The molecule has 1 fully saturated rings. The summed E-state index contributed by atoms with van der Waals surface area (Å²) in [6.45, 7) is 7.23. The van der Waals surface area contributed by atoms with Crippen LogP contribution in [0.2, 0.25) is 0 Å². The number of ether oxygens (including phenoxy) is 2. The van der Waals surface area contributed by atoms with E-state index in [9.17, 15) is 0 Å². The van der Waals surface area contributed by atoms with Crippen LogP contribution in [0.4, 0.5) is 0 Å². The van der Waals surface area contributed by atoms with Crippen LogP contribution >= 0.6 is 0 Å². The third kappa shape index (κ3) is 8.17. The zero-order valence-corrected chi connectivity index (χ0v) is 16.2. The van der Waals surface area contributed by atoms with Gasteiger partial charge in [-0.2, -0.15) is 0 Å². The fourth-order valence-corrected chi connectivity index (χ4v) is 3.10. The Labute approximate surface area is 158 Å². The van der Waals surface area contributed by atoms with Crippen molar-refractivity contribution in [3.8, 4) is 0 Å². The van der Waals surface area contributed by atoms with Crippen LogP contribution in [0.3, 0.4) is 0 Å². The maximum absolute atomic E-state index is 5.69. The second kappa shape index (κ2) is 12.7. The van der Waals surface area contributed by atoms with Gasteiger partial charge in [-0.25, -0.2) is 0 Å². The van der Waals surface area contributed by atoms with Crippen LogP contribution in [0.15, 0.2) is 35.3 Å². The van der Waals surface area contributed by atoms with Gasteiger partial charge >= 0.3 is 0 Å². The van der Waals surface area contributed by atoms with Gasteiger partial charge < -0.3 is 25.0 Å². The number of nitrogens with one attached hydrogen (secondary N) is 2. The van der Waals surface area contributed by atoms with Crippen LogP contribution in [-0.2, 0) is 16.1 Å². The Morgan fingerprint density at radius 1 is 1.15 bits per heavy atom. The summed E-state index contributed by atoms with van der Waals surface area (Å²) < 4.78 is 10.8. The third-order valence-corrected chi connectivity index (χ3v) is 4.75. The number of aliphatic imine (C=N–C) groups is 1. The molecule has 146 valence electrons. The molecule has 0 radical (unpaired) electrons. The predicted octanol–water partition coefficient (Wildman–Crippen LogP) is 1.73. The fraction of sp³-hybridized carbons (Fsp3) is 0.650. The number of hydrogen-bond acceptors (Lipinski definition) is 4. The molecule has 26 heavy (non-hydrogen) atoms. The van der Waals surface area contributed by atoms with Crippen molar-refractivity contribution >= 4 is 5.96 Å². The Bertz CT molecular complexity index is 502. The molecule has 6 heteroatoms. The van der Waals surface area contributed by atoms with Crippen LogP contribution in [0.5, 0.6) is 0 Å². The lowest BCUT2D eigenvalue weighted by Gasteiger charge is -2.32. The highest BCUT2D eigenvalue weighted by molar-refractivity contribution is 5.79. The largest absolute Gasteiger partial charge is 0.383 e. The molecule has 2 N–H and O–H groups in total. The molecule has 0 saturated carbocycles. The Kier molecular flexibility index (Phi) is 10.1. The summed E-state index contributed by atoms with van der Waals surface area (Å²) in [6.07, 6.45) is 2.46. The first kappa shape index (κ1) is 20.7. The monoisotopic (exact) mass is 362 g/mol. The van der Waals surface area contributed by atoms with E-state index in [4.69, 9.17) is 9.47 Å². The Hall–Kier alpha value is -1.63. The molecule has 0 aliphatic carbocycles. The first-order valence-electron chi connectivity index (χ1n) is 9.59. The van der Waals surface area contributed by atoms with Gasteiger partial charge in [0.2, 0.25) is 0 Å². The van der Waals surface area contributed by atoms with E-state index in [-0.39, 0.29) is 0 Å². The molecule has 1 aliphatic rings. The molecule has 0 bridgehead atoms. The summed E-state index contributed by atoms with van der Waals surface area (Å²) in [5.74, 6) is 1.57. The average molecular weight is 363 g/mol. The van der Waals surface area contributed by atoms with E-state index in [1.165, 1.54) is 18.4 Å².